The molecule has 0 unspecified atom stereocenters. The molecule has 0 aliphatic heterocycles. The van der Waals surface area contributed by atoms with E-state index in [1.54, 1.807) is 12.3 Å². The molecule has 1 aromatic carbocycles. The quantitative estimate of drug-likeness (QED) is 0.866. The summed E-state index contributed by atoms with van der Waals surface area (Å²) in [7, 11) is 0. The third-order valence-corrected chi connectivity index (χ3v) is 2.97. The van der Waals surface area contributed by atoms with Gasteiger partial charge in [-0.3, -0.25) is 4.98 Å². The van der Waals surface area contributed by atoms with Crippen LogP contribution in [0.1, 0.15) is 29.8 Å². The van der Waals surface area contributed by atoms with Crippen LogP contribution in [0, 0.1) is 6.92 Å². The number of nitrogens with zero attached hydrogens (tertiary/aromatic N) is 1. The van der Waals surface area contributed by atoms with Gasteiger partial charge >= 0.3 is 0 Å². The SMILES string of the molecule is Cc1ccc(O)c(CN[C@H](C)c2ccccn2)c1. The lowest BCUT2D eigenvalue weighted by molar-refractivity contribution is 0.459. The van der Waals surface area contributed by atoms with Crippen LogP contribution in [0.3, 0.4) is 0 Å². The number of hydrogen-bond acceptors (Lipinski definition) is 3. The molecular weight excluding hydrogens is 224 g/mol. The second-order valence-electron chi connectivity index (χ2n) is 4.49. The second-order valence-corrected chi connectivity index (χ2v) is 4.49. The van der Waals surface area contributed by atoms with Gasteiger partial charge in [-0.15, -0.1) is 0 Å². The zero-order valence-corrected chi connectivity index (χ0v) is 10.7. The number of aryl methyl sites for hydroxylation is 1. The topological polar surface area (TPSA) is 45.1 Å². The van der Waals surface area contributed by atoms with Crippen molar-refractivity contribution in [3.63, 3.8) is 0 Å². The van der Waals surface area contributed by atoms with Crippen molar-refractivity contribution in [2.24, 2.45) is 0 Å². The molecule has 18 heavy (non-hydrogen) atoms. The van der Waals surface area contributed by atoms with Crippen molar-refractivity contribution in [2.75, 3.05) is 0 Å². The van der Waals surface area contributed by atoms with Crippen LogP contribution in [0.4, 0.5) is 0 Å². The van der Waals surface area contributed by atoms with Gasteiger partial charge in [-0.25, -0.2) is 0 Å². The van der Waals surface area contributed by atoms with E-state index in [2.05, 4.69) is 17.2 Å². The largest absolute Gasteiger partial charge is 0.508 e. The molecule has 3 heteroatoms. The molecule has 0 aliphatic rings. The molecule has 1 aromatic heterocycles. The highest BCUT2D eigenvalue weighted by atomic mass is 16.3. The molecule has 2 rings (SSSR count). The van der Waals surface area contributed by atoms with Crippen molar-refractivity contribution in [2.45, 2.75) is 26.4 Å². The normalized spacial score (nSPS) is 12.3. The van der Waals surface area contributed by atoms with E-state index in [-0.39, 0.29) is 6.04 Å². The Hall–Kier alpha value is -1.87. The molecule has 0 radical (unpaired) electrons. The number of hydrogen-bond donors (Lipinski definition) is 2. The first-order chi connectivity index (χ1) is 8.66. The van der Waals surface area contributed by atoms with Gasteiger partial charge in [0.25, 0.3) is 0 Å². The lowest BCUT2D eigenvalue weighted by Crippen LogP contribution is -2.19. The molecule has 0 amide bonds. The van der Waals surface area contributed by atoms with Gasteiger partial charge in [0.2, 0.25) is 0 Å². The summed E-state index contributed by atoms with van der Waals surface area (Å²) in [5.41, 5.74) is 3.07. The van der Waals surface area contributed by atoms with Gasteiger partial charge in [-0.05, 0) is 32.0 Å². The zero-order valence-electron chi connectivity index (χ0n) is 10.7. The fraction of sp³-hybridized carbons (Fsp3) is 0.267. The Morgan fingerprint density at radius 3 is 2.83 bits per heavy atom. The van der Waals surface area contributed by atoms with E-state index in [0.717, 1.165) is 16.8 Å². The Bertz CT molecular complexity index is 511. The predicted octanol–water partition coefficient (Wildman–Crippen LogP) is 2.95. The van der Waals surface area contributed by atoms with Crippen molar-refractivity contribution in [3.05, 3.63) is 59.4 Å². The number of aromatic hydroxyl groups is 1. The van der Waals surface area contributed by atoms with Crippen molar-refractivity contribution in [3.8, 4) is 5.75 Å². The van der Waals surface area contributed by atoms with E-state index in [4.69, 9.17) is 0 Å². The second kappa shape index (κ2) is 5.65. The van der Waals surface area contributed by atoms with Crippen molar-refractivity contribution >= 4 is 0 Å². The maximum Gasteiger partial charge on any atom is 0.120 e. The van der Waals surface area contributed by atoms with Gasteiger partial charge in [0.15, 0.2) is 0 Å². The minimum Gasteiger partial charge on any atom is -0.508 e. The van der Waals surface area contributed by atoms with Crippen LogP contribution in [0.2, 0.25) is 0 Å². The molecule has 0 spiro atoms. The van der Waals surface area contributed by atoms with E-state index in [9.17, 15) is 5.11 Å². The van der Waals surface area contributed by atoms with Gasteiger partial charge < -0.3 is 10.4 Å². The molecule has 0 bridgehead atoms. The molecular formula is C15H18N2O. The summed E-state index contributed by atoms with van der Waals surface area (Å²) >= 11 is 0. The minimum absolute atomic E-state index is 0.158. The molecule has 2 aromatic rings. The van der Waals surface area contributed by atoms with Crippen molar-refractivity contribution < 1.29 is 5.11 Å². The summed E-state index contributed by atoms with van der Waals surface area (Å²) in [6.07, 6.45) is 1.79. The number of rotatable bonds is 4. The van der Waals surface area contributed by atoms with Crippen molar-refractivity contribution in [1.82, 2.24) is 10.3 Å². The zero-order chi connectivity index (χ0) is 13.0. The first kappa shape index (κ1) is 12.6. The van der Waals surface area contributed by atoms with E-state index in [1.807, 2.05) is 37.3 Å². The summed E-state index contributed by atoms with van der Waals surface area (Å²) in [6, 6.07) is 11.7. The molecule has 0 saturated heterocycles. The van der Waals surface area contributed by atoms with E-state index in [0.29, 0.717) is 12.3 Å². The Labute approximate surface area is 108 Å². The summed E-state index contributed by atoms with van der Waals surface area (Å²) in [4.78, 5) is 4.31. The summed E-state index contributed by atoms with van der Waals surface area (Å²) < 4.78 is 0. The Balaban J connectivity index is 2.01. The molecule has 2 N–H and O–H groups in total. The van der Waals surface area contributed by atoms with Crippen LogP contribution in [0.5, 0.6) is 5.75 Å². The Morgan fingerprint density at radius 1 is 1.28 bits per heavy atom. The molecule has 94 valence electrons. The monoisotopic (exact) mass is 242 g/mol. The maximum absolute atomic E-state index is 9.76. The van der Waals surface area contributed by atoms with Crippen LogP contribution in [0.25, 0.3) is 0 Å². The summed E-state index contributed by atoms with van der Waals surface area (Å²) in [5.74, 6) is 0.335. The minimum atomic E-state index is 0.158. The highest BCUT2D eigenvalue weighted by molar-refractivity contribution is 5.35. The summed E-state index contributed by atoms with van der Waals surface area (Å²) in [5, 5.41) is 13.1. The van der Waals surface area contributed by atoms with E-state index >= 15 is 0 Å². The Morgan fingerprint density at radius 2 is 2.11 bits per heavy atom. The number of benzene rings is 1. The third-order valence-electron chi connectivity index (χ3n) is 2.97. The smallest absolute Gasteiger partial charge is 0.120 e. The lowest BCUT2D eigenvalue weighted by Gasteiger charge is -2.14. The molecule has 0 aliphatic carbocycles. The Kier molecular flexibility index (Phi) is 3.95. The fourth-order valence-corrected chi connectivity index (χ4v) is 1.86. The molecule has 1 heterocycles. The third kappa shape index (κ3) is 3.08. The van der Waals surface area contributed by atoms with Gasteiger partial charge in [0, 0.05) is 24.3 Å². The molecule has 3 nitrogen and oxygen atoms in total. The van der Waals surface area contributed by atoms with Gasteiger partial charge in [-0.2, -0.15) is 0 Å². The van der Waals surface area contributed by atoms with E-state index < -0.39 is 0 Å². The van der Waals surface area contributed by atoms with Crippen LogP contribution in [-0.4, -0.2) is 10.1 Å². The standard InChI is InChI=1S/C15H18N2O/c1-11-6-7-15(18)13(9-11)10-17-12(2)14-5-3-4-8-16-14/h3-9,12,17-18H,10H2,1-2H3/t12-/m1/s1. The van der Waals surface area contributed by atoms with Crippen LogP contribution < -0.4 is 5.32 Å². The maximum atomic E-state index is 9.76. The highest BCUT2D eigenvalue weighted by Crippen LogP contribution is 2.19. The number of nitrogens with one attached hydrogen (secondary N) is 1. The number of pyridine rings is 1. The van der Waals surface area contributed by atoms with Crippen LogP contribution in [-0.2, 0) is 6.54 Å². The summed E-state index contributed by atoms with van der Waals surface area (Å²) in [6.45, 7) is 4.71. The first-order valence-electron chi connectivity index (χ1n) is 6.09. The van der Waals surface area contributed by atoms with Gasteiger partial charge in [-0.1, -0.05) is 23.8 Å². The fourth-order valence-electron chi connectivity index (χ4n) is 1.86. The van der Waals surface area contributed by atoms with Crippen molar-refractivity contribution in [1.29, 1.82) is 0 Å². The van der Waals surface area contributed by atoms with Crippen LogP contribution in [0.15, 0.2) is 42.6 Å². The van der Waals surface area contributed by atoms with Gasteiger partial charge in [0.05, 0.1) is 5.69 Å². The average Bonchev–Trinajstić information content (AvgIpc) is 2.40. The first-order valence-corrected chi connectivity index (χ1v) is 6.09. The highest BCUT2D eigenvalue weighted by Gasteiger charge is 2.07. The van der Waals surface area contributed by atoms with Gasteiger partial charge in [0.1, 0.15) is 5.75 Å². The molecule has 1 atom stereocenters. The van der Waals surface area contributed by atoms with Crippen LogP contribution >= 0.6 is 0 Å². The predicted molar refractivity (Wildman–Crippen MR) is 72.3 cm³/mol. The lowest BCUT2D eigenvalue weighted by atomic mass is 10.1. The molecule has 0 fully saturated rings. The number of phenolic OH excluding ortho intramolecular Hbond substituents is 1. The number of aromatic nitrogens is 1. The molecule has 0 saturated carbocycles. The van der Waals surface area contributed by atoms with E-state index in [1.165, 1.54) is 0 Å². The average molecular weight is 242 g/mol. The number of phenols is 1.